The first-order valence-corrected chi connectivity index (χ1v) is 9.80. The van der Waals surface area contributed by atoms with Gasteiger partial charge in [-0.1, -0.05) is 18.2 Å². The average molecular weight is 389 g/mol. The zero-order valence-corrected chi connectivity index (χ0v) is 16.1. The Kier molecular flexibility index (Phi) is 5.42. The standard InChI is InChI=1S/C23H23N3O3/c27-22(18-5-7-20(8-6-18)26-14-11-24-16-26)25-12-9-17(10-13-25)15-19-3-1-2-4-21(19)23(28)29/h1-8,11,14,16-17H,9-10,12-13,15H2,(H,28,29). The second-order valence-corrected chi connectivity index (χ2v) is 7.42. The van der Waals surface area contributed by atoms with E-state index in [1.54, 1.807) is 24.7 Å². The molecule has 6 heteroatoms. The Hall–Kier alpha value is -3.41. The van der Waals surface area contributed by atoms with Crippen molar-refractivity contribution >= 4 is 11.9 Å². The lowest BCUT2D eigenvalue weighted by molar-refractivity contribution is 0.0690. The van der Waals surface area contributed by atoms with Crippen molar-refractivity contribution in [1.82, 2.24) is 14.5 Å². The van der Waals surface area contributed by atoms with E-state index in [0.29, 0.717) is 30.1 Å². The summed E-state index contributed by atoms with van der Waals surface area (Å²) in [7, 11) is 0. The maximum Gasteiger partial charge on any atom is 0.335 e. The van der Waals surface area contributed by atoms with Crippen molar-refractivity contribution < 1.29 is 14.7 Å². The van der Waals surface area contributed by atoms with Gasteiger partial charge in [0.1, 0.15) is 0 Å². The van der Waals surface area contributed by atoms with Crippen LogP contribution in [0.4, 0.5) is 0 Å². The number of likely N-dealkylation sites (tertiary alicyclic amines) is 1. The van der Waals surface area contributed by atoms with E-state index in [4.69, 9.17) is 0 Å². The van der Waals surface area contributed by atoms with Gasteiger partial charge in [0.2, 0.25) is 0 Å². The van der Waals surface area contributed by atoms with Gasteiger partial charge >= 0.3 is 5.97 Å². The van der Waals surface area contributed by atoms with Crippen LogP contribution in [0.2, 0.25) is 0 Å². The summed E-state index contributed by atoms with van der Waals surface area (Å²) in [5.41, 5.74) is 2.90. The summed E-state index contributed by atoms with van der Waals surface area (Å²) in [6.45, 7) is 1.39. The second-order valence-electron chi connectivity index (χ2n) is 7.42. The minimum atomic E-state index is -0.882. The van der Waals surface area contributed by atoms with E-state index in [2.05, 4.69) is 4.98 Å². The van der Waals surface area contributed by atoms with E-state index in [0.717, 1.165) is 30.5 Å². The van der Waals surface area contributed by atoms with Crippen LogP contribution in [-0.4, -0.2) is 44.5 Å². The number of imidazole rings is 1. The molecule has 0 aliphatic carbocycles. The summed E-state index contributed by atoms with van der Waals surface area (Å²) in [6.07, 6.45) is 7.82. The van der Waals surface area contributed by atoms with Crippen LogP contribution in [0.3, 0.4) is 0 Å². The van der Waals surface area contributed by atoms with Gasteiger partial charge in [0.05, 0.1) is 11.9 Å². The lowest BCUT2D eigenvalue weighted by Crippen LogP contribution is -2.39. The quantitative estimate of drug-likeness (QED) is 0.722. The largest absolute Gasteiger partial charge is 0.478 e. The predicted molar refractivity (Wildman–Crippen MR) is 109 cm³/mol. The molecule has 1 amide bonds. The molecule has 3 aromatic rings. The number of carbonyl (C=O) groups excluding carboxylic acids is 1. The molecule has 0 radical (unpaired) electrons. The van der Waals surface area contributed by atoms with E-state index < -0.39 is 5.97 Å². The van der Waals surface area contributed by atoms with Gasteiger partial charge in [-0.05, 0) is 61.1 Å². The van der Waals surface area contributed by atoms with Gasteiger partial charge < -0.3 is 14.6 Å². The number of aromatic nitrogens is 2. The highest BCUT2D eigenvalue weighted by Crippen LogP contribution is 2.24. The third-order valence-corrected chi connectivity index (χ3v) is 5.57. The van der Waals surface area contributed by atoms with Crippen molar-refractivity contribution in [2.45, 2.75) is 19.3 Å². The zero-order valence-electron chi connectivity index (χ0n) is 16.1. The summed E-state index contributed by atoms with van der Waals surface area (Å²) in [4.78, 5) is 30.2. The second kappa shape index (κ2) is 8.31. The number of aromatic carboxylic acids is 1. The monoisotopic (exact) mass is 389 g/mol. The number of carboxylic acid groups (broad SMARTS) is 1. The minimum absolute atomic E-state index is 0.0477. The Morgan fingerprint density at radius 3 is 2.41 bits per heavy atom. The molecule has 2 aromatic carbocycles. The van der Waals surface area contributed by atoms with Crippen LogP contribution in [-0.2, 0) is 6.42 Å². The van der Waals surface area contributed by atoms with E-state index in [1.165, 1.54) is 0 Å². The highest BCUT2D eigenvalue weighted by molar-refractivity contribution is 5.94. The number of rotatable bonds is 5. The van der Waals surface area contributed by atoms with Crippen LogP contribution < -0.4 is 0 Å². The molecule has 1 saturated heterocycles. The predicted octanol–water partition coefficient (Wildman–Crippen LogP) is 3.67. The lowest BCUT2D eigenvalue weighted by Gasteiger charge is -2.32. The van der Waals surface area contributed by atoms with Crippen LogP contribution in [0, 0.1) is 5.92 Å². The SMILES string of the molecule is O=C(O)c1ccccc1CC1CCN(C(=O)c2ccc(-n3ccnc3)cc2)CC1. The van der Waals surface area contributed by atoms with Crippen molar-refractivity contribution in [2.75, 3.05) is 13.1 Å². The first kappa shape index (κ1) is 18.9. The summed E-state index contributed by atoms with van der Waals surface area (Å²) in [5.74, 6) is -0.443. The molecule has 0 saturated carbocycles. The molecule has 0 unspecified atom stereocenters. The number of benzene rings is 2. The molecular formula is C23H23N3O3. The van der Waals surface area contributed by atoms with Crippen LogP contribution in [0.1, 0.15) is 39.1 Å². The van der Waals surface area contributed by atoms with Gasteiger partial charge in [0.15, 0.2) is 0 Å². The van der Waals surface area contributed by atoms with Gasteiger partial charge in [-0.2, -0.15) is 0 Å². The number of hydrogen-bond acceptors (Lipinski definition) is 3. The van der Waals surface area contributed by atoms with Crippen LogP contribution in [0.15, 0.2) is 67.3 Å². The van der Waals surface area contributed by atoms with E-state index >= 15 is 0 Å². The number of hydrogen-bond donors (Lipinski definition) is 1. The number of carboxylic acids is 1. The normalized spacial score (nSPS) is 14.7. The highest BCUT2D eigenvalue weighted by atomic mass is 16.4. The van der Waals surface area contributed by atoms with Crippen LogP contribution >= 0.6 is 0 Å². The molecule has 0 spiro atoms. The van der Waals surface area contributed by atoms with E-state index in [-0.39, 0.29) is 5.91 Å². The van der Waals surface area contributed by atoms with Crippen molar-refractivity contribution in [1.29, 1.82) is 0 Å². The topological polar surface area (TPSA) is 75.4 Å². The van der Waals surface area contributed by atoms with Crippen molar-refractivity contribution in [3.8, 4) is 5.69 Å². The Morgan fingerprint density at radius 1 is 1.03 bits per heavy atom. The maximum absolute atomic E-state index is 12.8. The van der Waals surface area contributed by atoms with Gasteiger partial charge in [-0.15, -0.1) is 0 Å². The first-order valence-electron chi connectivity index (χ1n) is 9.80. The Labute approximate surface area is 169 Å². The zero-order chi connectivity index (χ0) is 20.2. The molecule has 1 aromatic heterocycles. The molecular weight excluding hydrogens is 366 g/mol. The van der Waals surface area contributed by atoms with Crippen molar-refractivity contribution in [2.24, 2.45) is 5.92 Å². The Morgan fingerprint density at radius 2 is 1.76 bits per heavy atom. The summed E-state index contributed by atoms with van der Waals surface area (Å²) in [5, 5.41) is 9.36. The summed E-state index contributed by atoms with van der Waals surface area (Å²) in [6, 6.07) is 14.7. The highest BCUT2D eigenvalue weighted by Gasteiger charge is 2.25. The lowest BCUT2D eigenvalue weighted by atomic mass is 9.88. The minimum Gasteiger partial charge on any atom is -0.478 e. The number of amides is 1. The fraction of sp³-hybridized carbons (Fsp3) is 0.261. The molecule has 1 N–H and O–H groups in total. The molecule has 0 atom stereocenters. The molecule has 148 valence electrons. The van der Waals surface area contributed by atoms with Gasteiger partial charge in [0, 0.05) is 36.7 Å². The molecule has 29 heavy (non-hydrogen) atoms. The van der Waals surface area contributed by atoms with Gasteiger partial charge in [-0.25, -0.2) is 9.78 Å². The molecule has 4 rings (SSSR count). The number of nitrogens with zero attached hydrogens (tertiary/aromatic N) is 3. The average Bonchev–Trinajstić information content (AvgIpc) is 3.29. The smallest absolute Gasteiger partial charge is 0.335 e. The number of carbonyl (C=O) groups is 2. The molecule has 2 heterocycles. The molecule has 6 nitrogen and oxygen atoms in total. The van der Waals surface area contributed by atoms with Crippen LogP contribution in [0.25, 0.3) is 5.69 Å². The van der Waals surface area contributed by atoms with Gasteiger partial charge in [0.25, 0.3) is 5.91 Å². The van der Waals surface area contributed by atoms with Gasteiger partial charge in [-0.3, -0.25) is 4.79 Å². The van der Waals surface area contributed by atoms with E-state index in [1.807, 2.05) is 52.1 Å². The summed E-state index contributed by atoms with van der Waals surface area (Å²) < 4.78 is 1.90. The fourth-order valence-electron chi connectivity index (χ4n) is 3.93. The number of piperidine rings is 1. The van der Waals surface area contributed by atoms with Crippen molar-refractivity contribution in [3.05, 3.63) is 83.9 Å². The summed E-state index contributed by atoms with van der Waals surface area (Å²) >= 11 is 0. The Bertz CT molecular complexity index is 988. The van der Waals surface area contributed by atoms with E-state index in [9.17, 15) is 14.7 Å². The Balaban J connectivity index is 1.36. The van der Waals surface area contributed by atoms with Crippen molar-refractivity contribution in [3.63, 3.8) is 0 Å². The third-order valence-electron chi connectivity index (χ3n) is 5.57. The maximum atomic E-state index is 12.8. The first-order chi connectivity index (χ1) is 14.1. The van der Waals surface area contributed by atoms with Crippen LogP contribution in [0.5, 0.6) is 0 Å². The molecule has 1 fully saturated rings. The fourth-order valence-corrected chi connectivity index (χ4v) is 3.93. The third kappa shape index (κ3) is 4.21. The molecule has 1 aliphatic heterocycles. The molecule has 1 aliphatic rings. The molecule has 0 bridgehead atoms.